The predicted molar refractivity (Wildman–Crippen MR) is 92.9 cm³/mol. The molecular weight excluding hydrogens is 290 g/mol. The molecule has 0 saturated heterocycles. The summed E-state index contributed by atoms with van der Waals surface area (Å²) in [6.45, 7) is 10.6. The second kappa shape index (κ2) is 6.44. The number of anilines is 1. The summed E-state index contributed by atoms with van der Waals surface area (Å²) in [5, 5.41) is 2.87. The van der Waals surface area contributed by atoms with E-state index in [-0.39, 0.29) is 23.4 Å². The Bertz CT molecular complexity index is 746. The zero-order chi connectivity index (χ0) is 17.2. The van der Waals surface area contributed by atoms with Gasteiger partial charge in [0.25, 0.3) is 0 Å². The van der Waals surface area contributed by atoms with Crippen LogP contribution < -0.4 is 11.0 Å². The van der Waals surface area contributed by atoms with E-state index in [1.54, 1.807) is 4.57 Å². The molecule has 0 bridgehead atoms. The van der Waals surface area contributed by atoms with E-state index in [9.17, 15) is 9.59 Å². The van der Waals surface area contributed by atoms with Crippen LogP contribution in [0.5, 0.6) is 0 Å². The first-order chi connectivity index (χ1) is 10.7. The zero-order valence-corrected chi connectivity index (χ0v) is 14.5. The third-order valence-electron chi connectivity index (χ3n) is 4.08. The fourth-order valence-corrected chi connectivity index (χ4v) is 2.43. The van der Waals surface area contributed by atoms with Gasteiger partial charge < -0.3 is 10.3 Å². The van der Waals surface area contributed by atoms with Gasteiger partial charge in [-0.05, 0) is 37.0 Å². The lowest BCUT2D eigenvalue weighted by atomic mass is 9.87. The van der Waals surface area contributed by atoms with Gasteiger partial charge in [0, 0.05) is 30.0 Å². The lowest BCUT2D eigenvalue weighted by Gasteiger charge is -2.19. The van der Waals surface area contributed by atoms with Crippen LogP contribution in [0.4, 0.5) is 5.69 Å². The zero-order valence-electron chi connectivity index (χ0n) is 14.5. The summed E-state index contributed by atoms with van der Waals surface area (Å²) in [5.74, 6) is -0.0985. The van der Waals surface area contributed by atoms with Gasteiger partial charge in [0.15, 0.2) is 0 Å². The van der Waals surface area contributed by atoms with Crippen molar-refractivity contribution in [3.05, 3.63) is 51.7 Å². The summed E-state index contributed by atoms with van der Waals surface area (Å²) in [6, 6.07) is 7.88. The molecule has 0 unspecified atom stereocenters. The molecule has 0 radical (unpaired) electrons. The van der Waals surface area contributed by atoms with Gasteiger partial charge in [-0.1, -0.05) is 32.9 Å². The fraction of sp³-hybridized carbons (Fsp3) is 0.444. The van der Waals surface area contributed by atoms with Gasteiger partial charge >= 0.3 is 5.69 Å². The number of aromatic amines is 1. The first-order valence-corrected chi connectivity index (χ1v) is 7.85. The molecule has 2 aromatic rings. The van der Waals surface area contributed by atoms with Crippen molar-refractivity contribution in [3.8, 4) is 0 Å². The molecule has 124 valence electrons. The highest BCUT2D eigenvalue weighted by Crippen LogP contribution is 2.23. The minimum absolute atomic E-state index is 0.0907. The number of H-pyrrole nitrogens is 1. The Balaban J connectivity index is 1.96. The van der Waals surface area contributed by atoms with Crippen molar-refractivity contribution in [2.75, 3.05) is 5.32 Å². The number of amides is 1. The molecule has 0 saturated carbocycles. The summed E-state index contributed by atoms with van der Waals surface area (Å²) in [5.41, 5.74) is 3.64. The molecule has 2 N–H and O–H groups in total. The van der Waals surface area contributed by atoms with Crippen LogP contribution in [-0.4, -0.2) is 15.5 Å². The lowest BCUT2D eigenvalue weighted by molar-refractivity contribution is -0.116. The number of imidazole rings is 1. The van der Waals surface area contributed by atoms with Gasteiger partial charge in [0.05, 0.1) is 0 Å². The number of hydrogen-bond donors (Lipinski definition) is 2. The van der Waals surface area contributed by atoms with Crippen molar-refractivity contribution < 1.29 is 4.79 Å². The van der Waals surface area contributed by atoms with Gasteiger partial charge in [-0.2, -0.15) is 0 Å². The van der Waals surface area contributed by atoms with Crippen molar-refractivity contribution in [3.63, 3.8) is 0 Å². The highest BCUT2D eigenvalue weighted by Gasteiger charge is 2.13. The molecule has 23 heavy (non-hydrogen) atoms. The summed E-state index contributed by atoms with van der Waals surface area (Å²) >= 11 is 0. The number of benzene rings is 1. The topological polar surface area (TPSA) is 66.9 Å². The molecule has 0 spiro atoms. The van der Waals surface area contributed by atoms with E-state index in [4.69, 9.17) is 0 Å². The molecule has 1 heterocycles. The standard InChI is InChI=1S/C18H25N3O2/c1-12-13(2)21(17(23)19-12)11-10-16(22)20-15-8-6-14(7-9-15)18(3,4)5/h6-9H,10-11H2,1-5H3,(H,19,23)(H,20,22). The summed E-state index contributed by atoms with van der Waals surface area (Å²) in [6.07, 6.45) is 0.263. The van der Waals surface area contributed by atoms with Crippen molar-refractivity contribution in [2.24, 2.45) is 0 Å². The van der Waals surface area contributed by atoms with Crippen molar-refractivity contribution in [1.82, 2.24) is 9.55 Å². The third-order valence-corrected chi connectivity index (χ3v) is 4.08. The number of carbonyl (C=O) groups is 1. The maximum Gasteiger partial charge on any atom is 0.325 e. The van der Waals surface area contributed by atoms with E-state index < -0.39 is 0 Å². The van der Waals surface area contributed by atoms with Crippen molar-refractivity contribution in [1.29, 1.82) is 0 Å². The number of nitrogens with one attached hydrogen (secondary N) is 2. The molecule has 2 rings (SSSR count). The average molecular weight is 315 g/mol. The fourth-order valence-electron chi connectivity index (χ4n) is 2.43. The summed E-state index contributed by atoms with van der Waals surface area (Å²) < 4.78 is 1.59. The van der Waals surface area contributed by atoms with Crippen LogP contribution in [0.2, 0.25) is 0 Å². The number of carbonyl (C=O) groups excluding carboxylic acids is 1. The monoisotopic (exact) mass is 315 g/mol. The highest BCUT2D eigenvalue weighted by atomic mass is 16.2. The quantitative estimate of drug-likeness (QED) is 0.910. The van der Waals surface area contributed by atoms with E-state index >= 15 is 0 Å². The second-order valence-electron chi connectivity index (χ2n) is 6.92. The normalized spacial score (nSPS) is 11.5. The van der Waals surface area contributed by atoms with Crippen LogP contribution >= 0.6 is 0 Å². The van der Waals surface area contributed by atoms with Gasteiger partial charge in [-0.15, -0.1) is 0 Å². The van der Waals surface area contributed by atoms with E-state index in [0.29, 0.717) is 6.54 Å². The molecule has 1 aromatic carbocycles. The van der Waals surface area contributed by atoms with Crippen LogP contribution in [-0.2, 0) is 16.8 Å². The van der Waals surface area contributed by atoms with Gasteiger partial charge in [0.1, 0.15) is 0 Å². The highest BCUT2D eigenvalue weighted by molar-refractivity contribution is 5.90. The second-order valence-corrected chi connectivity index (χ2v) is 6.92. The van der Waals surface area contributed by atoms with Crippen LogP contribution in [0, 0.1) is 13.8 Å². The van der Waals surface area contributed by atoms with Gasteiger partial charge in [-0.25, -0.2) is 4.79 Å². The van der Waals surface area contributed by atoms with Crippen LogP contribution in [0.3, 0.4) is 0 Å². The van der Waals surface area contributed by atoms with Crippen LogP contribution in [0.25, 0.3) is 0 Å². The van der Waals surface area contributed by atoms with Crippen molar-refractivity contribution in [2.45, 2.75) is 53.0 Å². The Kier molecular flexibility index (Phi) is 4.78. The van der Waals surface area contributed by atoms with E-state index in [1.807, 2.05) is 38.1 Å². The van der Waals surface area contributed by atoms with Crippen LogP contribution in [0.1, 0.15) is 44.1 Å². The molecule has 5 heteroatoms. The number of nitrogens with zero attached hydrogens (tertiary/aromatic N) is 1. The van der Waals surface area contributed by atoms with Gasteiger partial charge in [0.2, 0.25) is 5.91 Å². The molecule has 5 nitrogen and oxygen atoms in total. The molecular formula is C18H25N3O2. The van der Waals surface area contributed by atoms with Crippen LogP contribution in [0.15, 0.2) is 29.1 Å². The summed E-state index contributed by atoms with van der Waals surface area (Å²) in [7, 11) is 0. The molecule has 0 aliphatic heterocycles. The largest absolute Gasteiger partial charge is 0.326 e. The Morgan fingerprint density at radius 3 is 2.26 bits per heavy atom. The number of aryl methyl sites for hydroxylation is 1. The number of hydrogen-bond acceptors (Lipinski definition) is 2. The maximum absolute atomic E-state index is 12.1. The van der Waals surface area contributed by atoms with Gasteiger partial charge in [-0.3, -0.25) is 9.36 Å². The lowest BCUT2D eigenvalue weighted by Crippen LogP contribution is -2.22. The third kappa shape index (κ3) is 4.12. The molecule has 0 atom stereocenters. The van der Waals surface area contributed by atoms with E-state index in [1.165, 1.54) is 5.56 Å². The Labute approximate surface area is 136 Å². The molecule has 0 aliphatic rings. The molecule has 1 aromatic heterocycles. The number of rotatable bonds is 4. The minimum atomic E-state index is -0.165. The van der Waals surface area contributed by atoms with E-state index in [0.717, 1.165) is 17.1 Å². The SMILES string of the molecule is Cc1[nH]c(=O)n(CCC(=O)Nc2ccc(C(C)(C)C)cc2)c1C. The molecule has 0 aliphatic carbocycles. The first-order valence-electron chi connectivity index (χ1n) is 7.85. The Morgan fingerprint density at radius 2 is 1.78 bits per heavy atom. The average Bonchev–Trinajstić information content (AvgIpc) is 2.70. The minimum Gasteiger partial charge on any atom is -0.326 e. The smallest absolute Gasteiger partial charge is 0.325 e. The Morgan fingerprint density at radius 1 is 1.17 bits per heavy atom. The van der Waals surface area contributed by atoms with Crippen molar-refractivity contribution >= 4 is 11.6 Å². The number of aromatic nitrogens is 2. The summed E-state index contributed by atoms with van der Waals surface area (Å²) in [4.78, 5) is 26.5. The predicted octanol–water partition coefficient (Wildman–Crippen LogP) is 3.12. The first kappa shape index (κ1) is 17.1. The Hall–Kier alpha value is -2.30. The molecule has 0 fully saturated rings. The maximum atomic E-state index is 12.1. The van der Waals surface area contributed by atoms with E-state index in [2.05, 4.69) is 31.1 Å². The molecule has 1 amide bonds.